The van der Waals surface area contributed by atoms with Crippen molar-refractivity contribution in [3.05, 3.63) is 213 Å². The van der Waals surface area contributed by atoms with Crippen LogP contribution in [0.25, 0.3) is 133 Å². The van der Waals surface area contributed by atoms with Crippen molar-refractivity contribution >= 4 is 65.4 Å². The molecule has 0 aliphatic carbocycles. The third-order valence-electron chi connectivity index (χ3n) is 12.6. The second kappa shape index (κ2) is 14.5. The van der Waals surface area contributed by atoms with Crippen molar-refractivity contribution in [2.24, 2.45) is 0 Å². The largest absolute Gasteiger partial charge is 0.455 e. The van der Waals surface area contributed by atoms with E-state index in [-0.39, 0.29) is 0 Å². The molecular weight excluding hydrogens is 783 g/mol. The summed E-state index contributed by atoms with van der Waals surface area (Å²) in [7, 11) is 0. The second-order valence-corrected chi connectivity index (χ2v) is 16.4. The standard InChI is InChI=1S/C59H35N3O2/c1-2-11-39(12-3-1)53-34-54(40-18-16-36(17-19-40)43-13-8-28-60-35-43)62-59(61-53)46-30-44(41-22-26-55-51(32-41)49-24-20-37-9-4-6-14-47(37)57(49)63-55)29-45(31-46)42-23-27-56-52(33-42)50-25-21-38-10-5-7-15-48(38)58(50)64-56/h1-35H. The van der Waals surface area contributed by atoms with Gasteiger partial charge in [0.25, 0.3) is 0 Å². The van der Waals surface area contributed by atoms with Gasteiger partial charge in [0.2, 0.25) is 0 Å². The summed E-state index contributed by atoms with van der Waals surface area (Å²) < 4.78 is 13.1. The van der Waals surface area contributed by atoms with Crippen LogP contribution < -0.4 is 0 Å². The Hall–Kier alpha value is -8.67. The third-order valence-corrected chi connectivity index (χ3v) is 12.6. The highest BCUT2D eigenvalue weighted by atomic mass is 16.3. The molecule has 0 atom stereocenters. The number of rotatable bonds is 6. The minimum absolute atomic E-state index is 0.637. The number of fused-ring (bicyclic) bond motifs is 10. The first-order valence-corrected chi connectivity index (χ1v) is 21.5. The van der Waals surface area contributed by atoms with Crippen molar-refractivity contribution in [3.63, 3.8) is 0 Å². The smallest absolute Gasteiger partial charge is 0.160 e. The van der Waals surface area contributed by atoms with Crippen LogP contribution >= 0.6 is 0 Å². The number of furan rings is 2. The van der Waals surface area contributed by atoms with E-state index < -0.39 is 0 Å². The number of hydrogen-bond acceptors (Lipinski definition) is 5. The van der Waals surface area contributed by atoms with Crippen LogP contribution in [0.4, 0.5) is 0 Å². The van der Waals surface area contributed by atoms with E-state index in [9.17, 15) is 0 Å². The van der Waals surface area contributed by atoms with E-state index in [0.717, 1.165) is 127 Å². The molecule has 13 rings (SSSR count). The van der Waals surface area contributed by atoms with Gasteiger partial charge < -0.3 is 8.83 Å². The SMILES string of the molecule is c1ccc(-c2cc(-c3ccc(-c4cccnc4)cc3)nc(-c3cc(-c4ccc5oc6c7ccccc7ccc6c5c4)cc(-c4ccc5oc6c7ccccc7ccc6c5c4)c3)n2)cc1. The summed E-state index contributed by atoms with van der Waals surface area (Å²) in [5.74, 6) is 0.637. The molecule has 0 N–H and O–H groups in total. The van der Waals surface area contributed by atoms with Crippen molar-refractivity contribution < 1.29 is 8.83 Å². The Morgan fingerprint density at radius 1 is 0.297 bits per heavy atom. The molecule has 9 aromatic carbocycles. The molecule has 0 saturated carbocycles. The lowest BCUT2D eigenvalue weighted by Gasteiger charge is -2.13. The maximum absolute atomic E-state index is 6.55. The van der Waals surface area contributed by atoms with Crippen molar-refractivity contribution in [2.45, 2.75) is 0 Å². The summed E-state index contributed by atoms with van der Waals surface area (Å²) in [5.41, 5.74) is 14.5. The average molecular weight is 818 g/mol. The van der Waals surface area contributed by atoms with E-state index in [1.807, 2.05) is 18.3 Å². The van der Waals surface area contributed by atoms with Crippen LogP contribution in [0.15, 0.2) is 221 Å². The van der Waals surface area contributed by atoms with E-state index >= 15 is 0 Å². The molecule has 0 aliphatic heterocycles. The van der Waals surface area contributed by atoms with Crippen LogP contribution in [0.5, 0.6) is 0 Å². The van der Waals surface area contributed by atoms with E-state index in [0.29, 0.717) is 5.82 Å². The lowest BCUT2D eigenvalue weighted by Crippen LogP contribution is -1.97. The van der Waals surface area contributed by atoms with Crippen molar-refractivity contribution in [1.29, 1.82) is 0 Å². The molecule has 0 aliphatic rings. The molecule has 13 aromatic rings. The predicted molar refractivity (Wildman–Crippen MR) is 262 cm³/mol. The van der Waals surface area contributed by atoms with Gasteiger partial charge in [-0.2, -0.15) is 0 Å². The summed E-state index contributed by atoms with van der Waals surface area (Å²) in [4.78, 5) is 15.0. The first-order valence-electron chi connectivity index (χ1n) is 21.5. The Labute approximate surface area is 367 Å². The van der Waals surface area contributed by atoms with Crippen molar-refractivity contribution in [3.8, 4) is 67.3 Å². The Kier molecular flexibility index (Phi) is 8.15. The average Bonchev–Trinajstić information content (AvgIpc) is 3.95. The molecule has 0 amide bonds. The van der Waals surface area contributed by atoms with E-state index in [2.05, 4.69) is 193 Å². The van der Waals surface area contributed by atoms with Crippen molar-refractivity contribution in [2.75, 3.05) is 0 Å². The molecule has 0 saturated heterocycles. The fourth-order valence-corrected chi connectivity index (χ4v) is 9.31. The minimum Gasteiger partial charge on any atom is -0.455 e. The molecule has 5 heteroatoms. The van der Waals surface area contributed by atoms with Gasteiger partial charge in [0.05, 0.1) is 11.4 Å². The fourth-order valence-electron chi connectivity index (χ4n) is 9.31. The Balaban J connectivity index is 1.02. The normalized spacial score (nSPS) is 11.8. The molecule has 4 heterocycles. The molecule has 0 fully saturated rings. The number of nitrogens with zero attached hydrogens (tertiary/aromatic N) is 3. The molecular formula is C59H35N3O2. The zero-order valence-electron chi connectivity index (χ0n) is 34.4. The molecule has 0 bridgehead atoms. The summed E-state index contributed by atoms with van der Waals surface area (Å²) in [5, 5.41) is 8.86. The quantitative estimate of drug-likeness (QED) is 0.167. The van der Waals surface area contributed by atoms with Gasteiger partial charge in [-0.25, -0.2) is 9.97 Å². The second-order valence-electron chi connectivity index (χ2n) is 16.4. The van der Waals surface area contributed by atoms with E-state index in [1.54, 1.807) is 6.20 Å². The first-order chi connectivity index (χ1) is 31.7. The van der Waals surface area contributed by atoms with Crippen LogP contribution in [0, 0.1) is 0 Å². The summed E-state index contributed by atoms with van der Waals surface area (Å²) in [6, 6.07) is 70.2. The zero-order chi connectivity index (χ0) is 42.1. The lowest BCUT2D eigenvalue weighted by molar-refractivity contribution is 0.672. The van der Waals surface area contributed by atoms with E-state index in [1.165, 1.54) is 0 Å². The van der Waals surface area contributed by atoms with Crippen LogP contribution in [-0.2, 0) is 0 Å². The van der Waals surface area contributed by atoms with Gasteiger partial charge in [-0.1, -0.05) is 133 Å². The Morgan fingerprint density at radius 2 is 0.797 bits per heavy atom. The fraction of sp³-hybridized carbons (Fsp3) is 0. The van der Waals surface area contributed by atoms with Gasteiger partial charge in [0, 0.05) is 61.4 Å². The lowest BCUT2D eigenvalue weighted by atomic mass is 9.94. The zero-order valence-corrected chi connectivity index (χ0v) is 34.4. The van der Waals surface area contributed by atoms with Crippen LogP contribution in [0.3, 0.4) is 0 Å². The Bertz CT molecular complexity index is 3770. The number of hydrogen-bond donors (Lipinski definition) is 0. The van der Waals surface area contributed by atoms with Crippen LogP contribution in [-0.4, -0.2) is 15.0 Å². The molecule has 4 aromatic heterocycles. The maximum atomic E-state index is 6.55. The Morgan fingerprint density at radius 3 is 1.38 bits per heavy atom. The van der Waals surface area contributed by atoms with Crippen LogP contribution in [0.2, 0.25) is 0 Å². The monoisotopic (exact) mass is 817 g/mol. The molecule has 5 nitrogen and oxygen atoms in total. The van der Waals surface area contributed by atoms with Gasteiger partial charge in [0.1, 0.15) is 22.3 Å². The van der Waals surface area contributed by atoms with Crippen LogP contribution in [0.1, 0.15) is 0 Å². The van der Waals surface area contributed by atoms with Gasteiger partial charge in [-0.05, 0) is 111 Å². The number of benzene rings is 9. The number of aromatic nitrogens is 3. The van der Waals surface area contributed by atoms with Gasteiger partial charge in [-0.3, -0.25) is 4.98 Å². The third kappa shape index (κ3) is 6.05. The summed E-state index contributed by atoms with van der Waals surface area (Å²) in [6.07, 6.45) is 3.68. The molecule has 298 valence electrons. The molecule has 0 spiro atoms. The molecule has 0 radical (unpaired) electrons. The topological polar surface area (TPSA) is 65.0 Å². The maximum Gasteiger partial charge on any atom is 0.160 e. The van der Waals surface area contributed by atoms with Gasteiger partial charge >= 0.3 is 0 Å². The first kappa shape index (κ1) is 36.0. The minimum atomic E-state index is 0.637. The predicted octanol–water partition coefficient (Wildman–Crippen LogP) is 16.0. The molecule has 0 unspecified atom stereocenters. The van der Waals surface area contributed by atoms with Gasteiger partial charge in [0.15, 0.2) is 5.82 Å². The van der Waals surface area contributed by atoms with Crippen molar-refractivity contribution in [1.82, 2.24) is 15.0 Å². The summed E-state index contributed by atoms with van der Waals surface area (Å²) in [6.45, 7) is 0. The molecule has 64 heavy (non-hydrogen) atoms. The highest BCUT2D eigenvalue weighted by Crippen LogP contribution is 2.41. The number of pyridine rings is 1. The van der Waals surface area contributed by atoms with E-state index in [4.69, 9.17) is 18.8 Å². The summed E-state index contributed by atoms with van der Waals surface area (Å²) >= 11 is 0. The highest BCUT2D eigenvalue weighted by molar-refractivity contribution is 6.17. The highest BCUT2D eigenvalue weighted by Gasteiger charge is 2.18. The van der Waals surface area contributed by atoms with Gasteiger partial charge in [-0.15, -0.1) is 0 Å².